The van der Waals surface area contributed by atoms with E-state index in [1.165, 1.54) is 26.0 Å². The fourth-order valence-corrected chi connectivity index (χ4v) is 3.02. The summed E-state index contributed by atoms with van der Waals surface area (Å²) >= 11 is 1.62. The molecule has 5 heteroatoms. The Hall–Kier alpha value is -1.07. The highest BCUT2D eigenvalue weighted by atomic mass is 32.2. The normalized spacial score (nSPS) is 29.3. The molecule has 0 spiro atoms. The van der Waals surface area contributed by atoms with E-state index in [0.717, 1.165) is 5.57 Å². The molecule has 0 amide bonds. The second-order valence-electron chi connectivity index (χ2n) is 5.65. The van der Waals surface area contributed by atoms with Crippen LogP contribution in [0.5, 0.6) is 0 Å². The van der Waals surface area contributed by atoms with Gasteiger partial charge in [-0.25, -0.2) is 13.1 Å². The minimum Gasteiger partial charge on any atom is -0.481 e. The molecule has 0 aromatic heterocycles. The molecule has 2 aliphatic rings. The lowest BCUT2D eigenvalue weighted by Crippen LogP contribution is -2.61. The summed E-state index contributed by atoms with van der Waals surface area (Å²) < 4.78 is 35.4. The summed E-state index contributed by atoms with van der Waals surface area (Å²) in [6.07, 6.45) is 9.92. The molecule has 1 saturated heterocycles. The molecular formula is C16H21F2NOS. The molecule has 1 fully saturated rings. The second-order valence-corrected chi connectivity index (χ2v) is 6.53. The maximum Gasteiger partial charge on any atom is 0.183 e. The molecule has 116 valence electrons. The van der Waals surface area contributed by atoms with E-state index < -0.39 is 11.3 Å². The lowest BCUT2D eigenvalue weighted by molar-refractivity contribution is -0.0667. The Morgan fingerprint density at radius 3 is 2.52 bits per heavy atom. The molecule has 1 aliphatic carbocycles. The Morgan fingerprint density at radius 2 is 2.05 bits per heavy atom. The van der Waals surface area contributed by atoms with Gasteiger partial charge in [0.25, 0.3) is 0 Å². The first-order valence-electron chi connectivity index (χ1n) is 6.87. The van der Waals surface area contributed by atoms with Crippen LogP contribution in [0.3, 0.4) is 0 Å². The van der Waals surface area contributed by atoms with Gasteiger partial charge in [-0.3, -0.25) is 0 Å². The van der Waals surface area contributed by atoms with Crippen molar-refractivity contribution in [3.05, 3.63) is 47.5 Å². The monoisotopic (exact) mass is 313 g/mol. The Balaban J connectivity index is 2.20. The van der Waals surface area contributed by atoms with Crippen LogP contribution in [0.2, 0.25) is 0 Å². The quantitative estimate of drug-likeness (QED) is 0.553. The van der Waals surface area contributed by atoms with Crippen molar-refractivity contribution in [1.82, 2.24) is 4.31 Å². The van der Waals surface area contributed by atoms with Crippen molar-refractivity contribution in [2.24, 2.45) is 0 Å². The number of halogens is 2. The molecule has 1 atom stereocenters. The Bertz CT molecular complexity index is 524. The maximum atomic E-state index is 14.3. The largest absolute Gasteiger partial charge is 0.481 e. The molecule has 0 radical (unpaired) electrons. The van der Waals surface area contributed by atoms with Gasteiger partial charge in [-0.05, 0) is 50.8 Å². The number of ether oxygens (including phenoxy) is 1. The molecule has 2 nitrogen and oxygen atoms in total. The number of nitrogens with zero attached hydrogens (tertiary/aromatic N) is 1. The molecule has 2 rings (SSSR count). The van der Waals surface area contributed by atoms with Gasteiger partial charge in [-0.2, -0.15) is 0 Å². The zero-order valence-corrected chi connectivity index (χ0v) is 13.6. The summed E-state index contributed by atoms with van der Waals surface area (Å²) in [4.78, 5) is 0. The van der Waals surface area contributed by atoms with E-state index in [1.54, 1.807) is 30.2 Å². The van der Waals surface area contributed by atoms with Gasteiger partial charge in [0.1, 0.15) is 5.76 Å². The van der Waals surface area contributed by atoms with Gasteiger partial charge in [0.15, 0.2) is 11.3 Å². The smallest absolute Gasteiger partial charge is 0.183 e. The molecule has 1 aliphatic heterocycles. The van der Waals surface area contributed by atoms with Crippen LogP contribution in [-0.4, -0.2) is 34.9 Å². The fraction of sp³-hybridized carbons (Fsp3) is 0.500. The van der Waals surface area contributed by atoms with Gasteiger partial charge in [0, 0.05) is 0 Å². The third-order valence-corrected chi connectivity index (χ3v) is 4.62. The lowest BCUT2D eigenvalue weighted by Gasteiger charge is -2.50. The van der Waals surface area contributed by atoms with Crippen LogP contribution < -0.4 is 0 Å². The van der Waals surface area contributed by atoms with Gasteiger partial charge >= 0.3 is 0 Å². The average Bonchev–Trinajstić information content (AvgIpc) is 2.69. The molecule has 0 saturated carbocycles. The van der Waals surface area contributed by atoms with Crippen LogP contribution in [-0.2, 0) is 4.74 Å². The van der Waals surface area contributed by atoms with E-state index in [-0.39, 0.29) is 5.83 Å². The van der Waals surface area contributed by atoms with Crippen molar-refractivity contribution >= 4 is 11.9 Å². The van der Waals surface area contributed by atoms with E-state index in [1.807, 2.05) is 13.2 Å². The van der Waals surface area contributed by atoms with Gasteiger partial charge in [-0.15, -0.1) is 0 Å². The van der Waals surface area contributed by atoms with Crippen molar-refractivity contribution in [2.45, 2.75) is 32.0 Å². The second kappa shape index (κ2) is 5.97. The summed E-state index contributed by atoms with van der Waals surface area (Å²) in [7, 11) is 0. The zero-order valence-electron chi connectivity index (χ0n) is 12.8. The maximum absolute atomic E-state index is 14.3. The first-order valence-corrected chi connectivity index (χ1v) is 8.05. The molecule has 1 unspecified atom stereocenters. The number of hydrogen-bond donors (Lipinski definition) is 0. The summed E-state index contributed by atoms with van der Waals surface area (Å²) in [5, 5.41) is 0. The van der Waals surface area contributed by atoms with E-state index in [4.69, 9.17) is 4.74 Å². The van der Waals surface area contributed by atoms with Gasteiger partial charge < -0.3 is 4.74 Å². The Kier molecular flexibility index (Phi) is 4.63. The van der Waals surface area contributed by atoms with Crippen LogP contribution in [0.15, 0.2) is 47.5 Å². The van der Waals surface area contributed by atoms with Crippen molar-refractivity contribution < 1.29 is 13.5 Å². The third kappa shape index (κ3) is 3.40. The number of hydrogen-bond acceptors (Lipinski definition) is 3. The predicted octanol–water partition coefficient (Wildman–Crippen LogP) is 4.34. The molecule has 0 N–H and O–H groups in total. The first kappa shape index (κ1) is 16.3. The number of rotatable bonds is 5. The lowest BCUT2D eigenvalue weighted by atomic mass is 9.87. The van der Waals surface area contributed by atoms with Crippen LogP contribution in [0.1, 0.15) is 20.8 Å². The molecule has 21 heavy (non-hydrogen) atoms. The molecule has 0 bridgehead atoms. The summed E-state index contributed by atoms with van der Waals surface area (Å²) in [6.45, 7) is 6.09. The minimum absolute atomic E-state index is 0.261. The molecular weight excluding hydrogens is 292 g/mol. The average molecular weight is 313 g/mol. The molecule has 1 heterocycles. The standard InChI is InChI=1S/C16H21F2NOS/c1-12(7-8-13(2)17)16(10-19(11-16)21-4)20-14-6-5-9-15(14,3)18/h5-9H,10-11H2,1-4H3/b12-7+,13-8+. The van der Waals surface area contributed by atoms with Gasteiger partial charge in [0.2, 0.25) is 0 Å². The van der Waals surface area contributed by atoms with Crippen molar-refractivity contribution in [2.75, 3.05) is 19.3 Å². The van der Waals surface area contributed by atoms with E-state index >= 15 is 0 Å². The van der Waals surface area contributed by atoms with Crippen molar-refractivity contribution in [3.63, 3.8) is 0 Å². The highest BCUT2D eigenvalue weighted by molar-refractivity contribution is 7.96. The van der Waals surface area contributed by atoms with Crippen LogP contribution >= 0.6 is 11.9 Å². The van der Waals surface area contributed by atoms with Crippen LogP contribution in [0.4, 0.5) is 8.78 Å². The number of alkyl halides is 1. The SMILES string of the molecule is CSN1CC(OC2=CC=CC2(C)F)(/C(C)=C/C=C(\C)F)C1. The minimum atomic E-state index is -1.57. The van der Waals surface area contributed by atoms with Crippen LogP contribution in [0.25, 0.3) is 0 Å². The Morgan fingerprint density at radius 1 is 1.38 bits per heavy atom. The zero-order chi connectivity index (χ0) is 15.7. The summed E-state index contributed by atoms with van der Waals surface area (Å²) in [5.74, 6) is 0.0552. The summed E-state index contributed by atoms with van der Waals surface area (Å²) in [5.41, 5.74) is -1.26. The van der Waals surface area contributed by atoms with E-state index in [2.05, 4.69) is 4.31 Å². The topological polar surface area (TPSA) is 12.5 Å². The molecule has 0 aromatic rings. The predicted molar refractivity (Wildman–Crippen MR) is 84.3 cm³/mol. The van der Waals surface area contributed by atoms with Gasteiger partial charge in [-0.1, -0.05) is 24.1 Å². The number of allylic oxidation sites excluding steroid dienone is 6. The Labute approximate surface area is 129 Å². The van der Waals surface area contributed by atoms with Crippen molar-refractivity contribution in [1.29, 1.82) is 0 Å². The highest BCUT2D eigenvalue weighted by Gasteiger charge is 2.49. The highest BCUT2D eigenvalue weighted by Crippen LogP contribution is 2.41. The van der Waals surface area contributed by atoms with Crippen LogP contribution in [0, 0.1) is 0 Å². The van der Waals surface area contributed by atoms with E-state index in [9.17, 15) is 8.78 Å². The van der Waals surface area contributed by atoms with Gasteiger partial charge in [0.05, 0.1) is 18.9 Å². The van der Waals surface area contributed by atoms with E-state index in [0.29, 0.717) is 18.8 Å². The molecule has 0 aromatic carbocycles. The van der Waals surface area contributed by atoms with Crippen molar-refractivity contribution in [3.8, 4) is 0 Å². The summed E-state index contributed by atoms with van der Waals surface area (Å²) in [6, 6.07) is 0. The third-order valence-electron chi connectivity index (χ3n) is 3.85. The fourth-order valence-electron chi connectivity index (χ4n) is 2.34. The first-order chi connectivity index (χ1) is 9.79.